The summed E-state index contributed by atoms with van der Waals surface area (Å²) in [5, 5.41) is -0.813. The van der Waals surface area contributed by atoms with Crippen molar-refractivity contribution < 1.29 is 13.2 Å². The average molecular weight is 357 g/mol. The third-order valence-corrected chi connectivity index (χ3v) is 6.52. The fourth-order valence-electron chi connectivity index (χ4n) is 3.25. The van der Waals surface area contributed by atoms with Crippen LogP contribution in [-0.2, 0) is 20.3 Å². The zero-order chi connectivity index (χ0) is 16.4. The summed E-state index contributed by atoms with van der Waals surface area (Å²) in [7, 11) is 1.68. The molecule has 23 heavy (non-hydrogen) atoms. The largest absolute Gasteiger partial charge is 0.311 e. The van der Waals surface area contributed by atoms with E-state index in [4.69, 9.17) is 10.7 Å². The topological polar surface area (TPSA) is 57.7 Å². The minimum atomic E-state index is -3.70. The van der Waals surface area contributed by atoms with E-state index in [9.17, 15) is 13.2 Å². The molecule has 0 aromatic heterocycles. The van der Waals surface area contributed by atoms with E-state index in [0.717, 1.165) is 18.7 Å². The summed E-state index contributed by atoms with van der Waals surface area (Å²) in [5.41, 5.74) is 1.97. The van der Waals surface area contributed by atoms with E-state index in [1.165, 1.54) is 36.4 Å². The minimum Gasteiger partial charge on any atom is -0.311 e. The van der Waals surface area contributed by atoms with Crippen LogP contribution in [0.4, 0.5) is 5.69 Å². The van der Waals surface area contributed by atoms with Crippen molar-refractivity contribution >= 4 is 31.3 Å². The van der Waals surface area contributed by atoms with Gasteiger partial charge in [-0.05, 0) is 50.0 Å². The molecule has 2 heterocycles. The van der Waals surface area contributed by atoms with Gasteiger partial charge < -0.3 is 9.80 Å². The van der Waals surface area contributed by atoms with Crippen molar-refractivity contribution in [1.29, 1.82) is 0 Å². The molecule has 1 unspecified atom stereocenters. The minimum absolute atomic E-state index is 0.0391. The van der Waals surface area contributed by atoms with Crippen LogP contribution < -0.4 is 4.90 Å². The summed E-state index contributed by atoms with van der Waals surface area (Å²) >= 11 is 0. The number of nitrogens with zero attached hydrogens (tertiary/aromatic N) is 2. The number of hydrogen-bond acceptors (Lipinski definition) is 4. The molecule has 0 N–H and O–H groups in total. The van der Waals surface area contributed by atoms with E-state index in [1.54, 1.807) is 0 Å². The molecule has 3 rings (SSSR count). The molecule has 0 spiro atoms. The Morgan fingerprint density at radius 3 is 2.35 bits per heavy atom. The number of rotatable bonds is 5. The highest BCUT2D eigenvalue weighted by Crippen LogP contribution is 2.27. The molecule has 1 amide bonds. The van der Waals surface area contributed by atoms with Gasteiger partial charge in [-0.1, -0.05) is 12.1 Å². The lowest BCUT2D eigenvalue weighted by molar-refractivity contribution is -0.117. The van der Waals surface area contributed by atoms with Gasteiger partial charge in [0.2, 0.25) is 15.0 Å². The van der Waals surface area contributed by atoms with E-state index in [2.05, 4.69) is 4.90 Å². The molecule has 2 aliphatic rings. The number of amides is 1. The van der Waals surface area contributed by atoms with Crippen LogP contribution in [0.2, 0.25) is 0 Å². The predicted molar refractivity (Wildman–Crippen MR) is 91.4 cm³/mol. The molecule has 7 heteroatoms. The molecule has 0 aliphatic carbocycles. The average Bonchev–Trinajstić information content (AvgIpc) is 3.14. The molecule has 126 valence electrons. The second-order valence-corrected chi connectivity index (χ2v) is 9.18. The van der Waals surface area contributed by atoms with Crippen LogP contribution in [0.3, 0.4) is 0 Å². The number of hydrogen-bond donors (Lipinski definition) is 0. The second-order valence-electron chi connectivity index (χ2n) is 6.27. The first-order valence-corrected chi connectivity index (χ1v) is 10.4. The van der Waals surface area contributed by atoms with Crippen LogP contribution in [0.25, 0.3) is 0 Å². The van der Waals surface area contributed by atoms with E-state index in [1.807, 2.05) is 24.3 Å². The maximum absolute atomic E-state index is 12.0. The van der Waals surface area contributed by atoms with Crippen LogP contribution in [0.15, 0.2) is 24.3 Å². The number of halogens is 1. The fraction of sp³-hybridized carbons (Fsp3) is 0.562. The van der Waals surface area contributed by atoms with Gasteiger partial charge in [0.05, 0.1) is 0 Å². The molecule has 0 radical (unpaired) electrons. The van der Waals surface area contributed by atoms with Crippen LogP contribution in [-0.4, -0.2) is 50.7 Å². The molecule has 5 nitrogen and oxygen atoms in total. The number of benzene rings is 1. The summed E-state index contributed by atoms with van der Waals surface area (Å²) in [5.74, 6) is -0.191. The molecular formula is C16H21ClN2O3S. The maximum atomic E-state index is 12.0. The van der Waals surface area contributed by atoms with E-state index in [0.29, 0.717) is 0 Å². The van der Waals surface area contributed by atoms with Crippen LogP contribution >= 0.6 is 10.7 Å². The van der Waals surface area contributed by atoms with Gasteiger partial charge in [0.25, 0.3) is 0 Å². The Hall–Kier alpha value is -1.11. The van der Waals surface area contributed by atoms with Crippen molar-refractivity contribution in [2.75, 3.05) is 31.1 Å². The van der Waals surface area contributed by atoms with Gasteiger partial charge in [0.1, 0.15) is 5.25 Å². The monoisotopic (exact) mass is 356 g/mol. The Balaban J connectivity index is 1.61. The summed E-state index contributed by atoms with van der Waals surface area (Å²) in [6.07, 6.45) is 3.54. The Labute approximate surface area is 141 Å². The summed E-state index contributed by atoms with van der Waals surface area (Å²) < 4.78 is 22.8. The standard InChI is InChI=1S/C16H21ClN2O3S/c17-23(21,22)15-11-16(20)19(12-15)14-5-3-13(4-6-14)7-10-18-8-1-2-9-18/h3-6,15H,1-2,7-12H2. The Morgan fingerprint density at radius 2 is 1.78 bits per heavy atom. The Morgan fingerprint density at radius 1 is 1.13 bits per heavy atom. The van der Waals surface area contributed by atoms with Gasteiger partial charge in [-0.3, -0.25) is 4.79 Å². The first-order chi connectivity index (χ1) is 10.9. The van der Waals surface area contributed by atoms with Gasteiger partial charge >= 0.3 is 0 Å². The van der Waals surface area contributed by atoms with Gasteiger partial charge in [-0.15, -0.1) is 0 Å². The molecule has 2 aliphatic heterocycles. The number of carbonyl (C=O) groups excluding carboxylic acids is 1. The smallest absolute Gasteiger partial charge is 0.237 e. The van der Waals surface area contributed by atoms with E-state index >= 15 is 0 Å². The van der Waals surface area contributed by atoms with Crippen molar-refractivity contribution in [1.82, 2.24) is 4.90 Å². The summed E-state index contributed by atoms with van der Waals surface area (Å²) in [6, 6.07) is 7.81. The zero-order valence-electron chi connectivity index (χ0n) is 12.9. The summed E-state index contributed by atoms with van der Waals surface area (Å²) in [6.45, 7) is 3.58. The Bertz CT molecular complexity index is 669. The van der Waals surface area contributed by atoms with Crippen molar-refractivity contribution in [2.45, 2.75) is 30.9 Å². The quantitative estimate of drug-likeness (QED) is 0.757. The number of likely N-dealkylation sites (tertiary alicyclic amines) is 1. The van der Waals surface area contributed by atoms with Gasteiger partial charge in [-0.2, -0.15) is 0 Å². The van der Waals surface area contributed by atoms with Crippen molar-refractivity contribution in [2.24, 2.45) is 0 Å². The van der Waals surface area contributed by atoms with Gasteiger partial charge in [0, 0.05) is 35.9 Å². The van der Waals surface area contributed by atoms with Crippen molar-refractivity contribution in [3.8, 4) is 0 Å². The molecular weight excluding hydrogens is 336 g/mol. The first-order valence-electron chi connectivity index (χ1n) is 7.98. The number of anilines is 1. The van der Waals surface area contributed by atoms with Crippen molar-refractivity contribution in [3.05, 3.63) is 29.8 Å². The summed E-state index contributed by atoms with van der Waals surface area (Å²) in [4.78, 5) is 16.0. The Kier molecular flexibility index (Phi) is 4.94. The SMILES string of the molecule is O=C1CC(S(=O)(=O)Cl)CN1c1ccc(CCN2CCCC2)cc1. The highest BCUT2D eigenvalue weighted by atomic mass is 35.7. The lowest BCUT2D eigenvalue weighted by Gasteiger charge is -2.17. The molecule has 0 bridgehead atoms. The van der Waals surface area contributed by atoms with E-state index < -0.39 is 14.3 Å². The van der Waals surface area contributed by atoms with Gasteiger partial charge in [-0.25, -0.2) is 8.42 Å². The van der Waals surface area contributed by atoms with Gasteiger partial charge in [0.15, 0.2) is 0 Å². The third kappa shape index (κ3) is 4.05. The lowest BCUT2D eigenvalue weighted by Crippen LogP contribution is -2.26. The molecule has 1 aromatic carbocycles. The van der Waals surface area contributed by atoms with E-state index in [-0.39, 0.29) is 18.9 Å². The lowest BCUT2D eigenvalue weighted by atomic mass is 10.1. The molecule has 1 aromatic rings. The van der Waals surface area contributed by atoms with Crippen LogP contribution in [0, 0.1) is 0 Å². The normalized spacial score (nSPS) is 22.9. The molecule has 2 saturated heterocycles. The highest BCUT2D eigenvalue weighted by molar-refractivity contribution is 8.14. The zero-order valence-corrected chi connectivity index (χ0v) is 14.5. The second kappa shape index (κ2) is 6.79. The van der Waals surface area contributed by atoms with Crippen LogP contribution in [0.1, 0.15) is 24.8 Å². The predicted octanol–water partition coefficient (Wildman–Crippen LogP) is 2.00. The third-order valence-electron chi connectivity index (χ3n) is 4.65. The molecule has 0 saturated carbocycles. The maximum Gasteiger partial charge on any atom is 0.237 e. The first kappa shape index (κ1) is 16.7. The molecule has 1 atom stereocenters. The fourth-order valence-corrected chi connectivity index (χ4v) is 4.28. The van der Waals surface area contributed by atoms with Crippen molar-refractivity contribution in [3.63, 3.8) is 0 Å². The number of carbonyl (C=O) groups is 1. The molecule has 2 fully saturated rings. The van der Waals surface area contributed by atoms with Crippen LogP contribution in [0.5, 0.6) is 0 Å². The highest BCUT2D eigenvalue weighted by Gasteiger charge is 2.37.